The molecule has 2 spiro atoms. The number of fused-ring (bicyclic) bond motifs is 4. The van der Waals surface area contributed by atoms with Crippen molar-refractivity contribution in [2.45, 2.75) is 143 Å². The molecule has 266 valence electrons. The van der Waals surface area contributed by atoms with E-state index in [2.05, 4.69) is 60.4 Å². The molecule has 3 aliphatic heterocycles. The summed E-state index contributed by atoms with van der Waals surface area (Å²) >= 11 is 0. The molecule has 8 fully saturated rings. The summed E-state index contributed by atoms with van der Waals surface area (Å²) in [6.45, 7) is 20.8. The average molecular weight is 657 g/mol. The molecule has 8 nitrogen and oxygen atoms in total. The highest BCUT2D eigenvalue weighted by Gasteiger charge is 2.84. The summed E-state index contributed by atoms with van der Waals surface area (Å²) in [6.07, 6.45) is 9.18. The molecule has 0 radical (unpaired) electrons. The molecule has 8 heteroatoms. The van der Waals surface area contributed by atoms with Crippen molar-refractivity contribution >= 4 is 6.09 Å². The van der Waals surface area contributed by atoms with Crippen LogP contribution in [0.1, 0.15) is 106 Å². The number of aliphatic hydroxyl groups is 1. The molecule has 3 heterocycles. The van der Waals surface area contributed by atoms with Crippen molar-refractivity contribution in [3.8, 4) is 0 Å². The lowest BCUT2D eigenvalue weighted by Gasteiger charge is -2.64. The largest absolute Gasteiger partial charge is 0.443 e. The topological polar surface area (TPSA) is 80.7 Å². The smallest absolute Gasteiger partial charge is 0.410 e. The van der Waals surface area contributed by atoms with Gasteiger partial charge in [-0.15, -0.1) is 0 Å². The maximum atomic E-state index is 12.9. The number of amides is 1. The minimum absolute atomic E-state index is 0.0236. The van der Waals surface area contributed by atoms with Crippen LogP contribution in [-0.4, -0.2) is 97.6 Å². The molecule has 5 aliphatic carbocycles. The van der Waals surface area contributed by atoms with Gasteiger partial charge in [0.25, 0.3) is 0 Å². The standard InChI is InChI=1S/C39H64N2O6/c1-23(2)31(47-34(43)41-16-9-17-41)25-20-24(3)30-32(45-25)33(42)37(7)27-11-10-26-35(4,5)28(46-29-21-40(8)18-19-44-29)12-13-38(26)22-39(27,38)15-14-36(30,37)6/h23-33,42H,9-22H2,1-8H3/t24-,25-,26+,27+,28+,29+,30+,31-,32+,33+,36-,37-,38-,39+/m1/s1. The zero-order valence-corrected chi connectivity index (χ0v) is 30.6. The van der Waals surface area contributed by atoms with E-state index in [-0.39, 0.29) is 59.0 Å². The summed E-state index contributed by atoms with van der Waals surface area (Å²) in [5, 5.41) is 12.7. The van der Waals surface area contributed by atoms with E-state index < -0.39 is 6.10 Å². The number of carbonyl (C=O) groups is 1. The summed E-state index contributed by atoms with van der Waals surface area (Å²) < 4.78 is 26.1. The van der Waals surface area contributed by atoms with Gasteiger partial charge in [0.05, 0.1) is 31.0 Å². The molecular formula is C39H64N2O6. The second kappa shape index (κ2) is 11.0. The van der Waals surface area contributed by atoms with Crippen LogP contribution >= 0.6 is 0 Å². The summed E-state index contributed by atoms with van der Waals surface area (Å²) in [6, 6.07) is 0. The van der Waals surface area contributed by atoms with E-state index in [1.807, 2.05) is 0 Å². The predicted molar refractivity (Wildman–Crippen MR) is 180 cm³/mol. The molecule has 8 aliphatic rings. The Morgan fingerprint density at radius 2 is 1.70 bits per heavy atom. The van der Waals surface area contributed by atoms with Crippen LogP contribution in [0.5, 0.6) is 0 Å². The number of aliphatic hydroxyl groups excluding tert-OH is 1. The number of ether oxygens (including phenoxy) is 4. The molecule has 0 bridgehead atoms. The maximum absolute atomic E-state index is 12.9. The quantitative estimate of drug-likeness (QED) is 0.370. The van der Waals surface area contributed by atoms with Crippen LogP contribution < -0.4 is 0 Å². The van der Waals surface area contributed by atoms with Crippen LogP contribution in [0.25, 0.3) is 0 Å². The zero-order valence-electron chi connectivity index (χ0n) is 30.6. The number of likely N-dealkylation sites (N-methyl/N-ethyl adjacent to an activating group) is 1. The van der Waals surface area contributed by atoms with Crippen LogP contribution in [0.3, 0.4) is 0 Å². The third-order valence-electron chi connectivity index (χ3n) is 16.7. The number of carbonyl (C=O) groups excluding carboxylic acids is 1. The van der Waals surface area contributed by atoms with Gasteiger partial charge in [-0.3, -0.25) is 4.90 Å². The van der Waals surface area contributed by atoms with Crippen molar-refractivity contribution in [2.24, 2.45) is 56.7 Å². The Hall–Kier alpha value is -0.930. The summed E-state index contributed by atoms with van der Waals surface area (Å²) in [5.41, 5.74) is 0.607. The number of rotatable bonds is 5. The van der Waals surface area contributed by atoms with E-state index in [1.165, 1.54) is 38.5 Å². The van der Waals surface area contributed by atoms with Crippen LogP contribution in [0.2, 0.25) is 0 Å². The van der Waals surface area contributed by atoms with Crippen LogP contribution in [0.4, 0.5) is 4.79 Å². The first-order valence-corrected chi connectivity index (χ1v) is 19.4. The lowest BCUT2D eigenvalue weighted by molar-refractivity contribution is -0.247. The van der Waals surface area contributed by atoms with Crippen molar-refractivity contribution < 1.29 is 28.8 Å². The van der Waals surface area contributed by atoms with Gasteiger partial charge < -0.3 is 29.0 Å². The second-order valence-corrected chi connectivity index (χ2v) is 19.2. The van der Waals surface area contributed by atoms with Crippen LogP contribution in [-0.2, 0) is 18.9 Å². The molecule has 1 amide bonds. The normalized spacial score (nSPS) is 52.3. The second-order valence-electron chi connectivity index (χ2n) is 19.2. The van der Waals surface area contributed by atoms with Gasteiger partial charge >= 0.3 is 6.09 Å². The molecule has 47 heavy (non-hydrogen) atoms. The SMILES string of the molecule is CC(C)[C@@H](OC(=O)N1CCC1)[C@H]1C[C@@H](C)[C@H]2[C@H](O1)[C@H](O)[C@@]1(C)[C@@H]3CC[C@H]4C(C)(C)[C@@H](O[C@H]5CN(C)CCO5)CC[C@@]45C[C@@]35CC[C@]21C. The Balaban J connectivity index is 1.03. The molecule has 3 saturated heterocycles. The minimum Gasteiger partial charge on any atom is -0.443 e. The number of likely N-dealkylation sites (tertiary alicyclic amines) is 1. The van der Waals surface area contributed by atoms with Gasteiger partial charge in [-0.25, -0.2) is 4.79 Å². The Morgan fingerprint density at radius 1 is 0.979 bits per heavy atom. The monoisotopic (exact) mass is 656 g/mol. The first kappa shape index (κ1) is 33.2. The van der Waals surface area contributed by atoms with Crippen molar-refractivity contribution in [1.82, 2.24) is 9.80 Å². The fourth-order valence-electron chi connectivity index (χ4n) is 14.1. The van der Waals surface area contributed by atoms with Gasteiger partial charge in [0.1, 0.15) is 6.10 Å². The number of hydrogen-bond donors (Lipinski definition) is 1. The lowest BCUT2D eigenvalue weighted by atomic mass is 9.41. The van der Waals surface area contributed by atoms with Crippen molar-refractivity contribution in [3.63, 3.8) is 0 Å². The molecule has 1 N–H and O–H groups in total. The van der Waals surface area contributed by atoms with Crippen molar-refractivity contribution in [3.05, 3.63) is 0 Å². The first-order chi connectivity index (χ1) is 22.2. The van der Waals surface area contributed by atoms with Gasteiger partial charge in [-0.1, -0.05) is 48.5 Å². The third kappa shape index (κ3) is 4.45. The van der Waals surface area contributed by atoms with Gasteiger partial charge in [-0.05, 0) is 116 Å². The number of morpholine rings is 1. The van der Waals surface area contributed by atoms with Crippen LogP contribution in [0.15, 0.2) is 0 Å². The molecular weight excluding hydrogens is 592 g/mol. The van der Waals surface area contributed by atoms with Crippen LogP contribution in [0, 0.1) is 56.7 Å². The number of nitrogens with zero attached hydrogens (tertiary/aromatic N) is 2. The molecule has 14 atom stereocenters. The lowest BCUT2D eigenvalue weighted by Crippen LogP contribution is -2.60. The van der Waals surface area contributed by atoms with E-state index in [9.17, 15) is 9.90 Å². The molecule has 5 saturated carbocycles. The van der Waals surface area contributed by atoms with Crippen molar-refractivity contribution in [1.29, 1.82) is 0 Å². The highest BCUT2D eigenvalue weighted by Crippen LogP contribution is 2.89. The van der Waals surface area contributed by atoms with Gasteiger partial charge in [0, 0.05) is 31.6 Å². The van der Waals surface area contributed by atoms with Gasteiger partial charge in [0.2, 0.25) is 0 Å². The molecule has 0 aromatic heterocycles. The van der Waals surface area contributed by atoms with Gasteiger partial charge in [0.15, 0.2) is 6.29 Å². The van der Waals surface area contributed by atoms with E-state index in [1.54, 1.807) is 4.90 Å². The predicted octanol–water partition coefficient (Wildman–Crippen LogP) is 6.34. The molecule has 8 rings (SSSR count). The number of hydrogen-bond acceptors (Lipinski definition) is 7. The average Bonchev–Trinajstić information content (AvgIpc) is 3.61. The summed E-state index contributed by atoms with van der Waals surface area (Å²) in [5.74, 6) is 2.02. The third-order valence-corrected chi connectivity index (χ3v) is 16.7. The van der Waals surface area contributed by atoms with E-state index in [0.29, 0.717) is 34.5 Å². The van der Waals surface area contributed by atoms with Crippen molar-refractivity contribution in [2.75, 3.05) is 39.8 Å². The highest BCUT2D eigenvalue weighted by molar-refractivity contribution is 5.68. The van der Waals surface area contributed by atoms with E-state index >= 15 is 0 Å². The molecule has 0 unspecified atom stereocenters. The molecule has 0 aromatic rings. The Labute approximate surface area is 283 Å². The van der Waals surface area contributed by atoms with E-state index in [0.717, 1.165) is 52.0 Å². The van der Waals surface area contributed by atoms with E-state index in [4.69, 9.17) is 18.9 Å². The van der Waals surface area contributed by atoms with Gasteiger partial charge in [-0.2, -0.15) is 0 Å². The Bertz CT molecular complexity index is 1240. The fourth-order valence-corrected chi connectivity index (χ4v) is 14.1. The summed E-state index contributed by atoms with van der Waals surface area (Å²) in [4.78, 5) is 17.1. The Kier molecular flexibility index (Phi) is 7.80. The maximum Gasteiger partial charge on any atom is 0.410 e. The Morgan fingerprint density at radius 3 is 2.38 bits per heavy atom. The zero-order chi connectivity index (χ0) is 33.3. The molecule has 0 aromatic carbocycles. The first-order valence-electron chi connectivity index (χ1n) is 19.4. The highest BCUT2D eigenvalue weighted by atomic mass is 16.7. The fraction of sp³-hybridized carbons (Fsp3) is 0.974. The summed E-state index contributed by atoms with van der Waals surface area (Å²) in [7, 11) is 2.16. The minimum atomic E-state index is -0.508.